The van der Waals surface area contributed by atoms with Gasteiger partial charge in [0.05, 0.1) is 30.6 Å². The largest absolute Gasteiger partial charge is 0.373 e. The van der Waals surface area contributed by atoms with Crippen LogP contribution in [0.15, 0.2) is 24.5 Å². The Kier molecular flexibility index (Phi) is 3.60. The molecule has 0 unspecified atom stereocenters. The summed E-state index contributed by atoms with van der Waals surface area (Å²) in [5.74, 6) is -1.18. The molecule has 0 N–H and O–H groups in total. The number of anilines is 1. The highest BCUT2D eigenvalue weighted by molar-refractivity contribution is 6.35. The Hall–Kier alpha value is -1.96. The normalized spacial score (nSPS) is 29.7. The predicted octanol–water partition coefficient (Wildman–Crippen LogP) is 2.30. The molecule has 0 radical (unpaired) electrons. The van der Waals surface area contributed by atoms with E-state index in [1.165, 1.54) is 6.33 Å². The molecule has 26 heavy (non-hydrogen) atoms. The van der Waals surface area contributed by atoms with E-state index in [4.69, 9.17) is 27.9 Å². The van der Waals surface area contributed by atoms with Gasteiger partial charge in [0.2, 0.25) is 11.8 Å². The van der Waals surface area contributed by atoms with Crippen molar-refractivity contribution >= 4 is 41.0 Å². The number of imide groups is 1. The molecule has 7 nitrogen and oxygen atoms in total. The Balaban J connectivity index is 1.40. The topological polar surface area (TPSA) is 77.3 Å². The number of carbonyl (C=O) groups is 2. The van der Waals surface area contributed by atoms with Crippen LogP contribution in [0.5, 0.6) is 0 Å². The smallest absolute Gasteiger partial charge is 0.258 e. The maximum atomic E-state index is 12.7. The van der Waals surface area contributed by atoms with E-state index >= 15 is 0 Å². The first-order valence-corrected chi connectivity index (χ1v) is 9.15. The highest BCUT2D eigenvalue weighted by atomic mass is 35.5. The Morgan fingerprint density at radius 3 is 2.46 bits per heavy atom. The third-order valence-corrected chi connectivity index (χ3v) is 5.94. The Labute approximate surface area is 158 Å². The fourth-order valence-electron chi connectivity index (χ4n) is 4.20. The zero-order valence-corrected chi connectivity index (χ0v) is 15.0. The van der Waals surface area contributed by atoms with E-state index in [2.05, 4.69) is 10.1 Å². The van der Waals surface area contributed by atoms with Gasteiger partial charge in [-0.15, -0.1) is 5.10 Å². The molecular weight excluding hydrogens is 379 g/mol. The number of carbonyl (C=O) groups excluding carboxylic acids is 2. The van der Waals surface area contributed by atoms with Crippen LogP contribution in [0.2, 0.25) is 10.0 Å². The number of halogens is 2. The van der Waals surface area contributed by atoms with E-state index in [1.807, 2.05) is 0 Å². The Bertz CT molecular complexity index is 902. The van der Waals surface area contributed by atoms with Crippen LogP contribution in [-0.4, -0.2) is 38.8 Å². The van der Waals surface area contributed by atoms with Gasteiger partial charge in [-0.3, -0.25) is 9.59 Å². The Morgan fingerprint density at radius 1 is 1.12 bits per heavy atom. The molecule has 1 aromatic heterocycles. The molecule has 3 aliphatic heterocycles. The molecule has 2 aromatic rings. The molecule has 5 rings (SSSR count). The lowest BCUT2D eigenvalue weighted by atomic mass is 9.81. The number of amides is 2. The molecule has 4 atom stereocenters. The van der Waals surface area contributed by atoms with E-state index in [9.17, 15) is 9.59 Å². The quantitative estimate of drug-likeness (QED) is 0.748. The number of fused-ring (bicyclic) bond motifs is 5. The lowest BCUT2D eigenvalue weighted by molar-refractivity contribution is -0.124. The standard InChI is InChI=1S/C17H14Cl2N4O3/c18-9-2-1-8(10(19)5-9)6-22-7-20-17(21-22)23-15(24)13-11-3-4-12(26-11)14(13)16(23)25/h1-2,5,7,11-14H,3-4,6H2/t11-,12-,13+,14+/m1/s1. The summed E-state index contributed by atoms with van der Waals surface area (Å²) < 4.78 is 7.28. The van der Waals surface area contributed by atoms with E-state index in [0.717, 1.165) is 23.3 Å². The second-order valence-corrected chi connectivity index (χ2v) is 7.68. The van der Waals surface area contributed by atoms with E-state index in [-0.39, 0.29) is 41.8 Å². The maximum Gasteiger partial charge on any atom is 0.258 e. The molecule has 0 spiro atoms. The summed E-state index contributed by atoms with van der Waals surface area (Å²) in [6.45, 7) is 0.362. The third-order valence-electron chi connectivity index (χ3n) is 5.36. The second-order valence-electron chi connectivity index (χ2n) is 6.83. The van der Waals surface area contributed by atoms with E-state index < -0.39 is 0 Å². The summed E-state index contributed by atoms with van der Waals surface area (Å²) in [5.41, 5.74) is 0.815. The van der Waals surface area contributed by atoms with Crippen molar-refractivity contribution in [3.63, 3.8) is 0 Å². The molecule has 3 aliphatic rings. The van der Waals surface area contributed by atoms with Gasteiger partial charge in [0.25, 0.3) is 5.95 Å². The van der Waals surface area contributed by atoms with Gasteiger partial charge in [-0.25, -0.2) is 9.58 Å². The average molecular weight is 393 g/mol. The summed E-state index contributed by atoms with van der Waals surface area (Å²) >= 11 is 12.1. The van der Waals surface area contributed by atoms with Gasteiger partial charge in [-0.1, -0.05) is 29.3 Å². The van der Waals surface area contributed by atoms with Gasteiger partial charge in [0, 0.05) is 10.0 Å². The molecule has 0 saturated carbocycles. The summed E-state index contributed by atoms with van der Waals surface area (Å²) in [4.78, 5) is 30.8. The van der Waals surface area contributed by atoms with Gasteiger partial charge in [-0.05, 0) is 30.5 Å². The van der Waals surface area contributed by atoms with Crippen molar-refractivity contribution in [2.75, 3.05) is 4.90 Å². The highest BCUT2D eigenvalue weighted by Crippen LogP contribution is 2.48. The van der Waals surface area contributed by atoms with Crippen molar-refractivity contribution in [1.82, 2.24) is 14.8 Å². The van der Waals surface area contributed by atoms with Gasteiger partial charge >= 0.3 is 0 Å². The first-order chi connectivity index (χ1) is 12.5. The molecule has 9 heteroatoms. The van der Waals surface area contributed by atoms with E-state index in [0.29, 0.717) is 16.6 Å². The first-order valence-electron chi connectivity index (χ1n) is 8.39. The van der Waals surface area contributed by atoms with Gasteiger partial charge in [-0.2, -0.15) is 4.98 Å². The molecule has 2 bridgehead atoms. The van der Waals surface area contributed by atoms with Crippen LogP contribution in [0.4, 0.5) is 5.95 Å². The minimum absolute atomic E-state index is 0.110. The summed E-state index contributed by atoms with van der Waals surface area (Å²) in [5, 5.41) is 5.38. The van der Waals surface area contributed by atoms with Gasteiger partial charge in [0.1, 0.15) is 6.33 Å². The first kappa shape index (κ1) is 16.2. The fourth-order valence-corrected chi connectivity index (χ4v) is 4.67. The minimum Gasteiger partial charge on any atom is -0.373 e. The average Bonchev–Trinajstić information content (AvgIpc) is 3.35. The predicted molar refractivity (Wildman–Crippen MR) is 93.0 cm³/mol. The lowest BCUT2D eigenvalue weighted by Gasteiger charge is -2.14. The molecule has 4 heterocycles. The highest BCUT2D eigenvalue weighted by Gasteiger charge is 2.63. The van der Waals surface area contributed by atoms with Crippen LogP contribution >= 0.6 is 23.2 Å². The Morgan fingerprint density at radius 2 is 1.81 bits per heavy atom. The van der Waals surface area contributed by atoms with Crippen molar-refractivity contribution in [1.29, 1.82) is 0 Å². The molecule has 3 saturated heterocycles. The van der Waals surface area contributed by atoms with Crippen molar-refractivity contribution in [3.05, 3.63) is 40.1 Å². The van der Waals surface area contributed by atoms with Crippen LogP contribution in [0.25, 0.3) is 0 Å². The van der Waals surface area contributed by atoms with Gasteiger partial charge in [0.15, 0.2) is 0 Å². The van der Waals surface area contributed by atoms with Crippen molar-refractivity contribution in [3.8, 4) is 0 Å². The SMILES string of the molecule is O=C1[C@@H]2[C@@H](C(=O)N1c1ncn(Cc3ccc(Cl)cc3Cl)n1)[C@H]1CC[C@H]2O1. The van der Waals surface area contributed by atoms with Crippen LogP contribution in [-0.2, 0) is 20.9 Å². The molecule has 134 valence electrons. The number of rotatable bonds is 3. The molecule has 1 aromatic carbocycles. The van der Waals surface area contributed by atoms with Crippen molar-refractivity contribution in [2.45, 2.75) is 31.6 Å². The fraction of sp³-hybridized carbons (Fsp3) is 0.412. The number of benzene rings is 1. The zero-order chi connectivity index (χ0) is 18.0. The number of hydrogen-bond donors (Lipinski definition) is 0. The molecule has 2 amide bonds. The number of aromatic nitrogens is 3. The number of nitrogens with zero attached hydrogens (tertiary/aromatic N) is 4. The van der Waals surface area contributed by atoms with Crippen molar-refractivity contribution < 1.29 is 14.3 Å². The summed E-state index contributed by atoms with van der Waals surface area (Å²) in [6.07, 6.45) is 2.84. The van der Waals surface area contributed by atoms with Crippen LogP contribution < -0.4 is 4.90 Å². The summed E-state index contributed by atoms with van der Waals surface area (Å²) in [6, 6.07) is 5.20. The van der Waals surface area contributed by atoms with Crippen LogP contribution in [0, 0.1) is 11.8 Å². The van der Waals surface area contributed by atoms with Crippen LogP contribution in [0.3, 0.4) is 0 Å². The molecule has 3 fully saturated rings. The zero-order valence-electron chi connectivity index (χ0n) is 13.5. The monoisotopic (exact) mass is 392 g/mol. The van der Waals surface area contributed by atoms with Crippen molar-refractivity contribution in [2.24, 2.45) is 11.8 Å². The molecular formula is C17H14Cl2N4O3. The third kappa shape index (κ3) is 2.31. The van der Waals surface area contributed by atoms with Gasteiger partial charge < -0.3 is 4.74 Å². The van der Waals surface area contributed by atoms with E-state index in [1.54, 1.807) is 22.9 Å². The van der Waals surface area contributed by atoms with Crippen LogP contribution in [0.1, 0.15) is 18.4 Å². The lowest BCUT2D eigenvalue weighted by Crippen LogP contribution is -2.35. The number of ether oxygens (including phenoxy) is 1. The summed E-state index contributed by atoms with van der Waals surface area (Å²) in [7, 11) is 0. The minimum atomic E-state index is -0.390. The molecule has 0 aliphatic carbocycles. The maximum absolute atomic E-state index is 12.7. The number of hydrogen-bond acceptors (Lipinski definition) is 5. The second kappa shape index (κ2) is 5.77.